The zero-order chi connectivity index (χ0) is 12.3. The molecule has 1 saturated carbocycles. The summed E-state index contributed by atoms with van der Waals surface area (Å²) in [6.45, 7) is 1.96. The highest BCUT2D eigenvalue weighted by Crippen LogP contribution is 2.19. The molecule has 1 aromatic carbocycles. The molecule has 3 nitrogen and oxygen atoms in total. The van der Waals surface area contributed by atoms with Gasteiger partial charge in [-0.15, -0.1) is 0 Å². The number of carbonyl (C=O) groups excluding carboxylic acids is 1. The third kappa shape index (κ3) is 3.37. The maximum atomic E-state index is 11.6. The topological polar surface area (TPSA) is 41.1 Å². The number of amides is 2. The van der Waals surface area contributed by atoms with E-state index < -0.39 is 0 Å². The van der Waals surface area contributed by atoms with Gasteiger partial charge in [0, 0.05) is 11.1 Å². The van der Waals surface area contributed by atoms with E-state index in [1.807, 2.05) is 31.2 Å². The van der Waals surface area contributed by atoms with Gasteiger partial charge >= 0.3 is 6.03 Å². The Hall–Kier alpha value is -1.22. The van der Waals surface area contributed by atoms with Gasteiger partial charge < -0.3 is 10.6 Å². The quantitative estimate of drug-likeness (QED) is 0.852. The molecule has 0 spiro atoms. The molecule has 17 heavy (non-hydrogen) atoms. The van der Waals surface area contributed by atoms with Crippen molar-refractivity contribution in [3.05, 3.63) is 34.9 Å². The van der Waals surface area contributed by atoms with Crippen LogP contribution in [0.3, 0.4) is 0 Å². The molecule has 1 aliphatic rings. The van der Waals surface area contributed by atoms with Crippen molar-refractivity contribution in [2.75, 3.05) is 0 Å². The largest absolute Gasteiger partial charge is 0.335 e. The Morgan fingerprint density at radius 3 is 2.53 bits per heavy atom. The van der Waals surface area contributed by atoms with Crippen molar-refractivity contribution in [1.29, 1.82) is 0 Å². The van der Waals surface area contributed by atoms with Gasteiger partial charge in [0.2, 0.25) is 0 Å². The molecule has 92 valence electrons. The van der Waals surface area contributed by atoms with Crippen molar-refractivity contribution in [1.82, 2.24) is 10.6 Å². The highest BCUT2D eigenvalue weighted by molar-refractivity contribution is 6.30. The minimum atomic E-state index is -0.0860. The van der Waals surface area contributed by atoms with Crippen LogP contribution in [0.5, 0.6) is 0 Å². The van der Waals surface area contributed by atoms with Gasteiger partial charge in [-0.05, 0) is 43.9 Å². The molecule has 1 aromatic rings. The Morgan fingerprint density at radius 1 is 1.35 bits per heavy atom. The molecular weight excluding hydrogens is 236 g/mol. The predicted octanol–water partition coefficient (Wildman–Crippen LogP) is 3.25. The predicted molar refractivity (Wildman–Crippen MR) is 69.2 cm³/mol. The summed E-state index contributed by atoms with van der Waals surface area (Å²) in [5.74, 6) is 0. The number of hydrogen-bond donors (Lipinski definition) is 2. The van der Waals surface area contributed by atoms with Gasteiger partial charge in [-0.25, -0.2) is 4.79 Å². The molecule has 1 aliphatic carbocycles. The number of hydrogen-bond acceptors (Lipinski definition) is 1. The van der Waals surface area contributed by atoms with Gasteiger partial charge in [-0.2, -0.15) is 0 Å². The molecule has 0 radical (unpaired) electrons. The highest BCUT2D eigenvalue weighted by Gasteiger charge is 2.20. The maximum Gasteiger partial charge on any atom is 0.315 e. The van der Waals surface area contributed by atoms with E-state index in [0.717, 1.165) is 18.4 Å². The average molecular weight is 253 g/mol. The summed E-state index contributed by atoms with van der Waals surface area (Å²) in [5, 5.41) is 6.58. The molecule has 0 bridgehead atoms. The lowest BCUT2D eigenvalue weighted by molar-refractivity contribution is 0.225. The van der Waals surface area contributed by atoms with Gasteiger partial charge in [0.15, 0.2) is 0 Å². The first-order chi connectivity index (χ1) is 8.15. The van der Waals surface area contributed by atoms with Crippen molar-refractivity contribution in [2.24, 2.45) is 0 Å². The lowest BCUT2D eigenvalue weighted by Gasteiger charge is -2.27. The first-order valence-corrected chi connectivity index (χ1v) is 6.35. The fourth-order valence-corrected chi connectivity index (χ4v) is 1.94. The monoisotopic (exact) mass is 252 g/mol. The number of carbonyl (C=O) groups is 1. The standard InChI is InChI=1S/C13H17ClN2O/c1-9(10-5-7-11(14)8-6-10)15-13(17)16-12-3-2-4-12/h5-9,12H,2-4H2,1H3,(H2,15,16,17). The van der Waals surface area contributed by atoms with Crippen LogP contribution in [0.4, 0.5) is 4.79 Å². The number of rotatable bonds is 3. The van der Waals surface area contributed by atoms with Crippen molar-refractivity contribution in [3.8, 4) is 0 Å². The van der Waals surface area contributed by atoms with Crippen molar-refractivity contribution in [2.45, 2.75) is 38.3 Å². The molecule has 0 saturated heterocycles. The average Bonchev–Trinajstić information content (AvgIpc) is 2.24. The van der Waals surface area contributed by atoms with E-state index in [-0.39, 0.29) is 12.1 Å². The highest BCUT2D eigenvalue weighted by atomic mass is 35.5. The Labute approximate surface area is 107 Å². The van der Waals surface area contributed by atoms with E-state index >= 15 is 0 Å². The van der Waals surface area contributed by atoms with Crippen LogP contribution >= 0.6 is 11.6 Å². The second kappa shape index (κ2) is 5.41. The van der Waals surface area contributed by atoms with Crippen LogP contribution < -0.4 is 10.6 Å². The van der Waals surface area contributed by atoms with E-state index in [0.29, 0.717) is 11.1 Å². The first-order valence-electron chi connectivity index (χ1n) is 5.97. The first kappa shape index (κ1) is 12.2. The van der Waals surface area contributed by atoms with Crippen LogP contribution in [0.25, 0.3) is 0 Å². The van der Waals surface area contributed by atoms with Crippen LogP contribution in [0.2, 0.25) is 5.02 Å². The van der Waals surface area contributed by atoms with Crippen LogP contribution in [-0.2, 0) is 0 Å². The third-order valence-electron chi connectivity index (χ3n) is 3.16. The molecule has 0 aliphatic heterocycles. The van der Waals surface area contributed by atoms with E-state index in [1.165, 1.54) is 6.42 Å². The maximum absolute atomic E-state index is 11.6. The summed E-state index contributed by atoms with van der Waals surface area (Å²) >= 11 is 5.82. The molecule has 2 rings (SSSR count). The van der Waals surface area contributed by atoms with Crippen LogP contribution in [0.15, 0.2) is 24.3 Å². The molecule has 1 fully saturated rings. The summed E-state index contributed by atoms with van der Waals surface area (Å²) in [6.07, 6.45) is 3.42. The zero-order valence-electron chi connectivity index (χ0n) is 9.87. The van der Waals surface area contributed by atoms with Crippen LogP contribution in [-0.4, -0.2) is 12.1 Å². The molecule has 1 unspecified atom stereocenters. The number of halogens is 1. The molecule has 0 heterocycles. The minimum Gasteiger partial charge on any atom is -0.335 e. The summed E-state index contributed by atoms with van der Waals surface area (Å²) in [5.41, 5.74) is 1.05. The number of nitrogens with one attached hydrogen (secondary N) is 2. The zero-order valence-corrected chi connectivity index (χ0v) is 10.6. The SMILES string of the molecule is CC(NC(=O)NC1CCC1)c1ccc(Cl)cc1. The molecule has 2 amide bonds. The van der Waals surface area contributed by atoms with Crippen molar-refractivity contribution in [3.63, 3.8) is 0 Å². The van der Waals surface area contributed by atoms with E-state index in [4.69, 9.17) is 11.6 Å². The van der Waals surface area contributed by atoms with Crippen LogP contribution in [0.1, 0.15) is 37.8 Å². The smallest absolute Gasteiger partial charge is 0.315 e. The van der Waals surface area contributed by atoms with Crippen LogP contribution in [0, 0.1) is 0 Å². The summed E-state index contributed by atoms with van der Waals surface area (Å²) in [4.78, 5) is 11.6. The Balaban J connectivity index is 1.84. The van der Waals surface area contributed by atoms with E-state index in [9.17, 15) is 4.79 Å². The van der Waals surface area contributed by atoms with Gasteiger partial charge in [0.05, 0.1) is 6.04 Å². The lowest BCUT2D eigenvalue weighted by Crippen LogP contribution is -2.45. The molecular formula is C13H17ClN2O. The molecule has 2 N–H and O–H groups in total. The lowest BCUT2D eigenvalue weighted by atomic mass is 9.93. The minimum absolute atomic E-state index is 0.00709. The Morgan fingerprint density at radius 2 is 2.00 bits per heavy atom. The Bertz CT molecular complexity index is 387. The summed E-state index contributed by atoms with van der Waals surface area (Å²) in [6, 6.07) is 7.79. The second-order valence-electron chi connectivity index (χ2n) is 4.52. The van der Waals surface area contributed by atoms with Gasteiger partial charge in [-0.3, -0.25) is 0 Å². The van der Waals surface area contributed by atoms with Gasteiger partial charge in [0.25, 0.3) is 0 Å². The Kier molecular flexibility index (Phi) is 3.89. The van der Waals surface area contributed by atoms with E-state index in [2.05, 4.69) is 10.6 Å². The second-order valence-corrected chi connectivity index (χ2v) is 4.96. The third-order valence-corrected chi connectivity index (χ3v) is 3.41. The molecule has 1 atom stereocenters. The normalized spacial score (nSPS) is 17.1. The fourth-order valence-electron chi connectivity index (χ4n) is 1.81. The van der Waals surface area contributed by atoms with Crippen molar-refractivity contribution >= 4 is 17.6 Å². The number of urea groups is 1. The van der Waals surface area contributed by atoms with Gasteiger partial charge in [-0.1, -0.05) is 23.7 Å². The summed E-state index contributed by atoms with van der Waals surface area (Å²) < 4.78 is 0. The molecule has 4 heteroatoms. The summed E-state index contributed by atoms with van der Waals surface area (Å²) in [7, 11) is 0. The number of benzene rings is 1. The van der Waals surface area contributed by atoms with Crippen molar-refractivity contribution < 1.29 is 4.79 Å². The fraction of sp³-hybridized carbons (Fsp3) is 0.462. The van der Waals surface area contributed by atoms with Gasteiger partial charge in [0.1, 0.15) is 0 Å². The van der Waals surface area contributed by atoms with E-state index in [1.54, 1.807) is 0 Å². The molecule has 0 aromatic heterocycles.